The van der Waals surface area contributed by atoms with Gasteiger partial charge in [-0.15, -0.1) is 0 Å². The van der Waals surface area contributed by atoms with Crippen LogP contribution in [0.3, 0.4) is 0 Å². The van der Waals surface area contributed by atoms with E-state index in [1.54, 1.807) is 12.1 Å². The minimum Gasteiger partial charge on any atom is -0.313 e. The van der Waals surface area contributed by atoms with Gasteiger partial charge in [-0.25, -0.2) is 9.37 Å². The van der Waals surface area contributed by atoms with Crippen molar-refractivity contribution in [3.63, 3.8) is 0 Å². The van der Waals surface area contributed by atoms with Crippen molar-refractivity contribution in [2.45, 2.75) is 19.4 Å². The third-order valence-corrected chi connectivity index (χ3v) is 2.47. The minimum absolute atomic E-state index is 0.195. The molecule has 1 aromatic carbocycles. The lowest BCUT2D eigenvalue weighted by Crippen LogP contribution is -2.15. The fraction of sp³-hybridized carbons (Fsp3) is 0.333. The Morgan fingerprint density at radius 2 is 2.06 bits per heavy atom. The van der Waals surface area contributed by atoms with Crippen LogP contribution < -0.4 is 5.32 Å². The molecule has 1 heterocycles. The molecule has 2 rings (SSSR count). The van der Waals surface area contributed by atoms with Gasteiger partial charge in [0, 0.05) is 13.0 Å². The Balaban J connectivity index is 1.61. The predicted molar refractivity (Wildman–Crippen MR) is 62.8 cm³/mol. The standard InChI is InChI=1S/C12H15FN4/c13-11-5-3-10(4-6-11)8-14-7-1-2-12-15-9-16-17-12/h3-6,9,14H,1-2,7-8H2,(H,15,16,17). The molecule has 0 aliphatic heterocycles. The van der Waals surface area contributed by atoms with Gasteiger partial charge in [0.15, 0.2) is 0 Å². The molecule has 0 amide bonds. The van der Waals surface area contributed by atoms with E-state index in [-0.39, 0.29) is 5.82 Å². The van der Waals surface area contributed by atoms with Crippen LogP contribution in [0.15, 0.2) is 30.6 Å². The number of aryl methyl sites for hydroxylation is 1. The number of aromatic amines is 1. The van der Waals surface area contributed by atoms with Crippen LogP contribution in [0, 0.1) is 5.82 Å². The van der Waals surface area contributed by atoms with Gasteiger partial charge in [0.2, 0.25) is 0 Å². The number of nitrogens with one attached hydrogen (secondary N) is 2. The summed E-state index contributed by atoms with van der Waals surface area (Å²) in [5.74, 6) is 0.715. The first-order chi connectivity index (χ1) is 8.34. The fourth-order valence-electron chi connectivity index (χ4n) is 1.57. The molecule has 0 saturated heterocycles. The van der Waals surface area contributed by atoms with Crippen LogP contribution >= 0.6 is 0 Å². The molecule has 90 valence electrons. The summed E-state index contributed by atoms with van der Waals surface area (Å²) in [6.45, 7) is 1.66. The van der Waals surface area contributed by atoms with Crippen LogP contribution in [-0.2, 0) is 13.0 Å². The normalized spacial score (nSPS) is 10.6. The summed E-state index contributed by atoms with van der Waals surface area (Å²) in [5.41, 5.74) is 1.09. The first kappa shape index (κ1) is 11.7. The van der Waals surface area contributed by atoms with E-state index in [4.69, 9.17) is 0 Å². The largest absolute Gasteiger partial charge is 0.313 e. The molecule has 2 N–H and O–H groups in total. The van der Waals surface area contributed by atoms with Crippen LogP contribution in [0.4, 0.5) is 4.39 Å². The van der Waals surface area contributed by atoms with Crippen molar-refractivity contribution in [1.29, 1.82) is 0 Å². The number of nitrogens with zero attached hydrogens (tertiary/aromatic N) is 2. The van der Waals surface area contributed by atoms with Gasteiger partial charge in [-0.2, -0.15) is 5.10 Å². The molecular weight excluding hydrogens is 219 g/mol. The molecule has 0 unspecified atom stereocenters. The Labute approximate surface area is 99.3 Å². The molecule has 4 nitrogen and oxygen atoms in total. The molecule has 0 atom stereocenters. The molecule has 5 heteroatoms. The molecule has 0 radical (unpaired) electrons. The molecule has 0 fully saturated rings. The Morgan fingerprint density at radius 1 is 1.24 bits per heavy atom. The van der Waals surface area contributed by atoms with Crippen LogP contribution in [0.5, 0.6) is 0 Å². The Morgan fingerprint density at radius 3 is 2.76 bits per heavy atom. The van der Waals surface area contributed by atoms with Crippen molar-refractivity contribution < 1.29 is 4.39 Å². The van der Waals surface area contributed by atoms with E-state index in [0.717, 1.165) is 37.3 Å². The quantitative estimate of drug-likeness (QED) is 0.747. The predicted octanol–water partition coefficient (Wildman–Crippen LogP) is 1.67. The van der Waals surface area contributed by atoms with Gasteiger partial charge in [-0.3, -0.25) is 5.10 Å². The van der Waals surface area contributed by atoms with Crippen molar-refractivity contribution in [2.75, 3.05) is 6.54 Å². The zero-order chi connectivity index (χ0) is 11.9. The van der Waals surface area contributed by atoms with E-state index < -0.39 is 0 Å². The average molecular weight is 234 g/mol. The topological polar surface area (TPSA) is 53.6 Å². The maximum absolute atomic E-state index is 12.6. The Hall–Kier alpha value is -1.75. The molecule has 0 spiro atoms. The highest BCUT2D eigenvalue weighted by Crippen LogP contribution is 2.02. The summed E-state index contributed by atoms with van der Waals surface area (Å²) in [6.07, 6.45) is 3.40. The Bertz CT molecular complexity index is 424. The van der Waals surface area contributed by atoms with Crippen LogP contribution in [0.2, 0.25) is 0 Å². The number of rotatable bonds is 6. The maximum atomic E-state index is 12.6. The second-order valence-corrected chi connectivity index (χ2v) is 3.84. The molecule has 0 aliphatic rings. The van der Waals surface area contributed by atoms with Crippen molar-refractivity contribution in [2.24, 2.45) is 0 Å². The molecule has 2 aromatic rings. The monoisotopic (exact) mass is 234 g/mol. The van der Waals surface area contributed by atoms with Crippen LogP contribution in [-0.4, -0.2) is 21.7 Å². The number of aromatic nitrogens is 3. The number of halogens is 1. The van der Waals surface area contributed by atoms with Crippen molar-refractivity contribution in [1.82, 2.24) is 20.5 Å². The number of benzene rings is 1. The first-order valence-electron chi connectivity index (χ1n) is 5.64. The zero-order valence-electron chi connectivity index (χ0n) is 9.49. The van der Waals surface area contributed by atoms with Crippen LogP contribution in [0.25, 0.3) is 0 Å². The summed E-state index contributed by atoms with van der Waals surface area (Å²) < 4.78 is 12.6. The van der Waals surface area contributed by atoms with Gasteiger partial charge in [-0.1, -0.05) is 12.1 Å². The first-order valence-corrected chi connectivity index (χ1v) is 5.64. The molecule has 0 saturated carbocycles. The number of hydrogen-bond donors (Lipinski definition) is 2. The molecule has 17 heavy (non-hydrogen) atoms. The van der Waals surface area contributed by atoms with E-state index >= 15 is 0 Å². The van der Waals surface area contributed by atoms with Crippen molar-refractivity contribution in [3.8, 4) is 0 Å². The van der Waals surface area contributed by atoms with Gasteiger partial charge < -0.3 is 5.32 Å². The smallest absolute Gasteiger partial charge is 0.137 e. The van der Waals surface area contributed by atoms with E-state index in [0.29, 0.717) is 0 Å². The highest BCUT2D eigenvalue weighted by molar-refractivity contribution is 5.15. The third kappa shape index (κ3) is 3.96. The minimum atomic E-state index is -0.195. The summed E-state index contributed by atoms with van der Waals surface area (Å²) in [7, 11) is 0. The highest BCUT2D eigenvalue weighted by atomic mass is 19.1. The van der Waals surface area contributed by atoms with Crippen LogP contribution in [0.1, 0.15) is 17.8 Å². The van der Waals surface area contributed by atoms with Crippen molar-refractivity contribution >= 4 is 0 Å². The number of hydrogen-bond acceptors (Lipinski definition) is 3. The summed E-state index contributed by atoms with van der Waals surface area (Å²) in [6, 6.07) is 6.54. The van der Waals surface area contributed by atoms with Gasteiger partial charge in [-0.05, 0) is 30.7 Å². The zero-order valence-corrected chi connectivity index (χ0v) is 9.49. The van der Waals surface area contributed by atoms with Gasteiger partial charge in [0.25, 0.3) is 0 Å². The molecule has 0 bridgehead atoms. The summed E-state index contributed by atoms with van der Waals surface area (Å²) in [5, 5.41) is 9.91. The van der Waals surface area contributed by atoms with Gasteiger partial charge >= 0.3 is 0 Å². The lowest BCUT2D eigenvalue weighted by atomic mass is 10.2. The third-order valence-electron chi connectivity index (χ3n) is 2.47. The van der Waals surface area contributed by atoms with E-state index in [2.05, 4.69) is 20.5 Å². The second kappa shape index (κ2) is 6.10. The Kier molecular flexibility index (Phi) is 4.21. The van der Waals surface area contributed by atoms with E-state index in [9.17, 15) is 4.39 Å². The SMILES string of the molecule is Fc1ccc(CNCCCc2ncn[nH]2)cc1. The highest BCUT2D eigenvalue weighted by Gasteiger charge is 1.96. The molecule has 1 aromatic heterocycles. The lowest BCUT2D eigenvalue weighted by molar-refractivity contribution is 0.621. The summed E-state index contributed by atoms with van der Waals surface area (Å²) in [4.78, 5) is 4.05. The molecule has 0 aliphatic carbocycles. The van der Waals surface area contributed by atoms with E-state index in [1.807, 2.05) is 0 Å². The maximum Gasteiger partial charge on any atom is 0.137 e. The fourth-order valence-corrected chi connectivity index (χ4v) is 1.57. The van der Waals surface area contributed by atoms with Gasteiger partial charge in [0.05, 0.1) is 0 Å². The summed E-state index contributed by atoms with van der Waals surface area (Å²) >= 11 is 0. The van der Waals surface area contributed by atoms with E-state index in [1.165, 1.54) is 18.5 Å². The number of H-pyrrole nitrogens is 1. The average Bonchev–Trinajstić information content (AvgIpc) is 2.84. The lowest BCUT2D eigenvalue weighted by Gasteiger charge is -2.03. The van der Waals surface area contributed by atoms with Gasteiger partial charge in [0.1, 0.15) is 18.0 Å². The van der Waals surface area contributed by atoms with Crippen molar-refractivity contribution in [3.05, 3.63) is 47.8 Å². The molecular formula is C12H15FN4. The second-order valence-electron chi connectivity index (χ2n) is 3.84.